The van der Waals surface area contributed by atoms with Crippen LogP contribution < -0.4 is 16.5 Å². The molecule has 0 saturated carbocycles. The third kappa shape index (κ3) is 4.83. The molecule has 0 unspecified atom stereocenters. The van der Waals surface area contributed by atoms with Crippen LogP contribution in [0.4, 0.5) is 11.4 Å². The Hall–Kier alpha value is -3.62. The van der Waals surface area contributed by atoms with Gasteiger partial charge < -0.3 is 30.0 Å². The monoisotopic (exact) mass is 464 g/mol. The molecule has 178 valence electrons. The second-order valence-electron chi connectivity index (χ2n) is 8.09. The van der Waals surface area contributed by atoms with Gasteiger partial charge in [-0.3, -0.25) is 9.59 Å². The van der Waals surface area contributed by atoms with Gasteiger partial charge in [-0.15, -0.1) is 0 Å². The number of nitrogen functional groups attached to an aromatic ring is 1. The molecule has 0 radical (unpaired) electrons. The van der Waals surface area contributed by atoms with Crippen LogP contribution in [0.1, 0.15) is 31.2 Å². The fraction of sp³-hybridized carbons (Fsp3) is 0.308. The molecular weight excluding hydrogens is 436 g/mol. The lowest BCUT2D eigenvalue weighted by Gasteiger charge is -2.36. The number of hydrogen-bond acceptors (Lipinski definition) is 7. The fourth-order valence-corrected chi connectivity index (χ4v) is 4.24. The van der Waals surface area contributed by atoms with Crippen molar-refractivity contribution in [1.29, 1.82) is 0 Å². The highest BCUT2D eigenvalue weighted by atomic mass is 16.7. The molecule has 0 bridgehead atoms. The molecule has 1 aliphatic rings. The van der Waals surface area contributed by atoms with Crippen LogP contribution >= 0.6 is 0 Å². The van der Waals surface area contributed by atoms with Gasteiger partial charge in [0.05, 0.1) is 23.0 Å². The molecule has 34 heavy (non-hydrogen) atoms. The first-order valence-electron chi connectivity index (χ1n) is 11.3. The van der Waals surface area contributed by atoms with E-state index in [4.69, 9.17) is 19.6 Å². The zero-order valence-corrected chi connectivity index (χ0v) is 18.9. The van der Waals surface area contributed by atoms with E-state index in [1.165, 1.54) is 6.26 Å². The SMILES string of the molecule is CCO[C@H]1OC(C(=O)Nc2ccccc2N)=C[C@@H](c2coc3ccccc3c2=O)[C@H]1CCCO. The van der Waals surface area contributed by atoms with E-state index < -0.39 is 18.1 Å². The smallest absolute Gasteiger partial charge is 0.290 e. The molecule has 0 fully saturated rings. The molecule has 4 N–H and O–H groups in total. The quantitative estimate of drug-likeness (QED) is 0.434. The number of para-hydroxylation sites is 3. The minimum Gasteiger partial charge on any atom is -0.464 e. The predicted molar refractivity (Wildman–Crippen MR) is 129 cm³/mol. The van der Waals surface area contributed by atoms with Crippen LogP contribution in [0.3, 0.4) is 0 Å². The number of allylic oxidation sites excluding steroid dienone is 1. The van der Waals surface area contributed by atoms with Crippen molar-refractivity contribution >= 4 is 28.3 Å². The van der Waals surface area contributed by atoms with E-state index in [2.05, 4.69) is 5.32 Å². The Kier molecular flexibility index (Phi) is 7.30. The molecule has 1 aliphatic heterocycles. The van der Waals surface area contributed by atoms with Crippen LogP contribution in [0, 0.1) is 5.92 Å². The van der Waals surface area contributed by atoms with Crippen LogP contribution in [-0.4, -0.2) is 30.5 Å². The average molecular weight is 465 g/mol. The van der Waals surface area contributed by atoms with Crippen LogP contribution in [0.5, 0.6) is 0 Å². The van der Waals surface area contributed by atoms with E-state index in [1.54, 1.807) is 54.6 Å². The van der Waals surface area contributed by atoms with Gasteiger partial charge in [-0.25, -0.2) is 0 Å². The molecule has 8 heteroatoms. The first kappa shape index (κ1) is 23.5. The Morgan fingerprint density at radius 3 is 2.71 bits per heavy atom. The van der Waals surface area contributed by atoms with Crippen molar-refractivity contribution in [3.05, 3.63) is 82.4 Å². The van der Waals surface area contributed by atoms with E-state index in [9.17, 15) is 14.7 Å². The van der Waals surface area contributed by atoms with Gasteiger partial charge in [-0.1, -0.05) is 24.3 Å². The van der Waals surface area contributed by atoms with Gasteiger partial charge in [-0.05, 0) is 50.1 Å². The summed E-state index contributed by atoms with van der Waals surface area (Å²) >= 11 is 0. The van der Waals surface area contributed by atoms with Gasteiger partial charge in [0.15, 0.2) is 11.2 Å². The standard InChI is InChI=1S/C26H28N2O6/c1-2-32-26-16(9-7-13-29)18(19-15-33-22-12-6-3-8-17(22)24(19)30)14-23(34-26)25(31)28-21-11-5-4-10-20(21)27/h3-6,8,10-12,14-16,18,26,29H,2,7,9,13,27H2,1H3,(H,28,31)/t16-,18-,26+/m1/s1. The van der Waals surface area contributed by atoms with E-state index in [1.807, 2.05) is 6.92 Å². The summed E-state index contributed by atoms with van der Waals surface area (Å²) in [4.78, 5) is 26.5. The number of nitrogens with two attached hydrogens (primary N) is 1. The van der Waals surface area contributed by atoms with Crippen molar-refractivity contribution < 1.29 is 23.8 Å². The summed E-state index contributed by atoms with van der Waals surface area (Å²) in [7, 11) is 0. The second kappa shape index (κ2) is 10.5. The Balaban J connectivity index is 1.77. The number of nitrogens with one attached hydrogen (secondary N) is 1. The highest BCUT2D eigenvalue weighted by molar-refractivity contribution is 6.04. The van der Waals surface area contributed by atoms with Crippen molar-refractivity contribution in [3.8, 4) is 0 Å². The molecule has 3 atom stereocenters. The maximum Gasteiger partial charge on any atom is 0.290 e. The number of amides is 1. The molecule has 0 aliphatic carbocycles. The first-order chi connectivity index (χ1) is 16.5. The molecule has 0 saturated heterocycles. The zero-order valence-electron chi connectivity index (χ0n) is 18.9. The van der Waals surface area contributed by atoms with Gasteiger partial charge >= 0.3 is 0 Å². The Morgan fingerprint density at radius 2 is 1.94 bits per heavy atom. The van der Waals surface area contributed by atoms with Crippen molar-refractivity contribution in [1.82, 2.24) is 0 Å². The molecule has 4 rings (SSSR count). The van der Waals surface area contributed by atoms with Gasteiger partial charge in [-0.2, -0.15) is 0 Å². The number of benzene rings is 2. The largest absolute Gasteiger partial charge is 0.464 e. The number of carbonyl (C=O) groups excluding carboxylic acids is 1. The summed E-state index contributed by atoms with van der Waals surface area (Å²) in [5.41, 5.74) is 7.54. The number of rotatable bonds is 8. The number of hydrogen-bond donors (Lipinski definition) is 3. The highest BCUT2D eigenvalue weighted by Crippen LogP contribution is 2.39. The number of anilines is 2. The topological polar surface area (TPSA) is 124 Å². The molecule has 2 aromatic carbocycles. The van der Waals surface area contributed by atoms with Crippen LogP contribution in [-0.2, 0) is 14.3 Å². The summed E-state index contributed by atoms with van der Waals surface area (Å²) < 4.78 is 17.6. The van der Waals surface area contributed by atoms with Crippen molar-refractivity contribution in [2.24, 2.45) is 5.92 Å². The predicted octanol–water partition coefficient (Wildman–Crippen LogP) is 3.76. The summed E-state index contributed by atoms with van der Waals surface area (Å²) in [5.74, 6) is -1.31. The maximum absolute atomic E-state index is 13.4. The summed E-state index contributed by atoms with van der Waals surface area (Å²) in [5, 5.41) is 12.7. The number of fused-ring (bicyclic) bond motifs is 1. The zero-order chi connectivity index (χ0) is 24.1. The fourth-order valence-electron chi connectivity index (χ4n) is 4.24. The number of aliphatic hydroxyl groups is 1. The van der Waals surface area contributed by atoms with Crippen molar-refractivity contribution in [3.63, 3.8) is 0 Å². The minimum absolute atomic E-state index is 0.0151. The van der Waals surface area contributed by atoms with E-state index in [0.717, 1.165) is 0 Å². The molecule has 8 nitrogen and oxygen atoms in total. The van der Waals surface area contributed by atoms with Crippen LogP contribution in [0.25, 0.3) is 11.0 Å². The average Bonchev–Trinajstić information content (AvgIpc) is 2.85. The minimum atomic E-state index is -0.786. The Labute approximate surface area is 197 Å². The van der Waals surface area contributed by atoms with Crippen LogP contribution in [0.15, 0.2) is 75.8 Å². The molecule has 1 aromatic heterocycles. The van der Waals surface area contributed by atoms with Gasteiger partial charge in [0.1, 0.15) is 5.58 Å². The van der Waals surface area contributed by atoms with Crippen molar-refractivity contribution in [2.75, 3.05) is 24.3 Å². The third-order valence-corrected chi connectivity index (χ3v) is 5.91. The Morgan fingerprint density at radius 1 is 1.18 bits per heavy atom. The highest BCUT2D eigenvalue weighted by Gasteiger charge is 2.39. The lowest BCUT2D eigenvalue weighted by atomic mass is 9.81. The summed E-state index contributed by atoms with van der Waals surface area (Å²) in [6, 6.07) is 13.9. The normalized spacial score (nSPS) is 19.9. The van der Waals surface area contributed by atoms with E-state index in [-0.39, 0.29) is 23.7 Å². The first-order valence-corrected chi connectivity index (χ1v) is 11.3. The molecule has 1 amide bonds. The summed E-state index contributed by atoms with van der Waals surface area (Å²) in [6.07, 6.45) is 3.30. The van der Waals surface area contributed by atoms with Gasteiger partial charge in [0.2, 0.25) is 6.29 Å². The number of aliphatic hydroxyl groups excluding tert-OH is 1. The van der Waals surface area contributed by atoms with Crippen molar-refractivity contribution in [2.45, 2.75) is 32.0 Å². The molecular formula is C26H28N2O6. The van der Waals surface area contributed by atoms with Gasteiger partial charge in [0, 0.05) is 30.6 Å². The molecule has 0 spiro atoms. The Bertz CT molecular complexity index is 1250. The summed E-state index contributed by atoms with van der Waals surface area (Å²) in [6.45, 7) is 2.16. The lowest BCUT2D eigenvalue weighted by molar-refractivity contribution is -0.165. The second-order valence-corrected chi connectivity index (χ2v) is 8.09. The van der Waals surface area contributed by atoms with Gasteiger partial charge in [0.25, 0.3) is 5.91 Å². The lowest BCUT2D eigenvalue weighted by Crippen LogP contribution is -2.38. The molecule has 2 heterocycles. The number of carbonyl (C=O) groups is 1. The van der Waals surface area contributed by atoms with Crippen LogP contribution in [0.2, 0.25) is 0 Å². The molecule has 3 aromatic rings. The third-order valence-electron chi connectivity index (χ3n) is 5.91. The van der Waals surface area contributed by atoms with E-state index in [0.29, 0.717) is 47.4 Å². The van der Waals surface area contributed by atoms with E-state index >= 15 is 0 Å². The maximum atomic E-state index is 13.4. The number of ether oxygens (including phenoxy) is 2.